The van der Waals surface area contributed by atoms with Gasteiger partial charge in [0, 0.05) is 44.4 Å². The number of aliphatic carboxylic acids is 1. The van der Waals surface area contributed by atoms with Crippen molar-refractivity contribution in [2.45, 2.75) is 51.2 Å². The molecule has 3 heterocycles. The molecule has 1 aromatic carbocycles. The topological polar surface area (TPSA) is 101 Å². The Balaban J connectivity index is 1.19. The zero-order valence-electron chi connectivity index (χ0n) is 22.6. The molecule has 1 atom stereocenters. The number of morpholine rings is 1. The van der Waals surface area contributed by atoms with Gasteiger partial charge in [0.25, 0.3) is 0 Å². The Labute approximate surface area is 229 Å². The second-order valence-corrected chi connectivity index (χ2v) is 11.6. The number of ether oxygens (including phenoxy) is 3. The second kappa shape index (κ2) is 13.8. The third-order valence-corrected chi connectivity index (χ3v) is 8.75. The number of hydrogen-bond acceptors (Lipinski definition) is 8. The van der Waals surface area contributed by atoms with Crippen LogP contribution in [-0.2, 0) is 25.5 Å². The minimum atomic E-state index is -0.851. The number of rotatable bonds is 12. The lowest BCUT2D eigenvalue weighted by Gasteiger charge is -2.47. The summed E-state index contributed by atoms with van der Waals surface area (Å²) < 4.78 is 17.8. The molecular weight excluding hydrogens is 506 g/mol. The van der Waals surface area contributed by atoms with Gasteiger partial charge in [-0.3, -0.25) is 19.5 Å². The van der Waals surface area contributed by atoms with Gasteiger partial charge in [-0.1, -0.05) is 32.0 Å². The van der Waals surface area contributed by atoms with Crippen LogP contribution >= 0.6 is 11.8 Å². The third-order valence-electron chi connectivity index (χ3n) is 7.39. The number of hydrogen-bond donors (Lipinski definition) is 1. The van der Waals surface area contributed by atoms with E-state index in [1.54, 1.807) is 11.8 Å². The highest BCUT2D eigenvalue weighted by molar-refractivity contribution is 8.14. The Morgan fingerprint density at radius 3 is 2.71 bits per heavy atom. The third kappa shape index (κ3) is 7.94. The number of carboxylic acid groups (broad SMARTS) is 1. The fourth-order valence-corrected chi connectivity index (χ4v) is 6.23. The highest BCUT2D eigenvalue weighted by Crippen LogP contribution is 2.32. The van der Waals surface area contributed by atoms with Gasteiger partial charge in [0.05, 0.1) is 36.9 Å². The lowest BCUT2D eigenvalue weighted by atomic mass is 9.89. The number of likely N-dealkylation sites (tertiary alicyclic amines) is 1. The summed E-state index contributed by atoms with van der Waals surface area (Å²) in [5.41, 5.74) is 0.806. The number of carbonyl (C=O) groups is 2. The van der Waals surface area contributed by atoms with E-state index in [1.165, 1.54) is 0 Å². The number of amides is 1. The predicted molar refractivity (Wildman–Crippen MR) is 148 cm³/mol. The van der Waals surface area contributed by atoms with Gasteiger partial charge in [-0.05, 0) is 30.9 Å². The van der Waals surface area contributed by atoms with Crippen LogP contribution in [0.15, 0.2) is 29.3 Å². The average Bonchev–Trinajstić information content (AvgIpc) is 3.41. The van der Waals surface area contributed by atoms with Crippen LogP contribution in [0, 0.1) is 5.92 Å². The van der Waals surface area contributed by atoms with Crippen molar-refractivity contribution in [3.63, 3.8) is 0 Å². The summed E-state index contributed by atoms with van der Waals surface area (Å²) in [4.78, 5) is 32.9. The van der Waals surface area contributed by atoms with Crippen molar-refractivity contribution in [1.29, 1.82) is 0 Å². The number of benzene rings is 1. The molecule has 1 unspecified atom stereocenters. The van der Waals surface area contributed by atoms with E-state index < -0.39 is 5.97 Å². The van der Waals surface area contributed by atoms with E-state index in [1.807, 2.05) is 29.2 Å². The van der Waals surface area contributed by atoms with Crippen LogP contribution in [0.2, 0.25) is 0 Å². The molecule has 10 heteroatoms. The van der Waals surface area contributed by atoms with Gasteiger partial charge in [0.15, 0.2) is 0 Å². The number of carboxylic acids is 1. The predicted octanol–water partition coefficient (Wildman–Crippen LogP) is 2.96. The fraction of sp³-hybridized carbons (Fsp3) is 0.679. The smallest absolute Gasteiger partial charge is 0.305 e. The van der Waals surface area contributed by atoms with E-state index in [2.05, 4.69) is 18.7 Å². The van der Waals surface area contributed by atoms with Gasteiger partial charge >= 0.3 is 5.97 Å². The molecule has 4 rings (SSSR count). The van der Waals surface area contributed by atoms with Crippen LogP contribution in [-0.4, -0.2) is 108 Å². The highest BCUT2D eigenvalue weighted by atomic mass is 32.2. The van der Waals surface area contributed by atoms with Crippen molar-refractivity contribution in [2.75, 3.05) is 64.9 Å². The lowest BCUT2D eigenvalue weighted by Crippen LogP contribution is -2.59. The highest BCUT2D eigenvalue weighted by Gasteiger charge is 2.42. The molecule has 1 spiro atoms. The maximum atomic E-state index is 13.2. The SMILES string of the molecule is CC(C)C1=NC(C(=O)N2CCOC3(CCN(CCOc4ccccc4CCOCCC(=O)O)CC3)C2)CS1. The van der Waals surface area contributed by atoms with E-state index in [0.29, 0.717) is 45.2 Å². The number of nitrogens with zero attached hydrogens (tertiary/aromatic N) is 3. The maximum absolute atomic E-state index is 13.2. The molecule has 0 saturated carbocycles. The van der Waals surface area contributed by atoms with E-state index in [9.17, 15) is 9.59 Å². The summed E-state index contributed by atoms with van der Waals surface area (Å²) in [6.45, 7) is 10.1. The molecule has 0 aliphatic carbocycles. The number of aliphatic imine (C=N–C) groups is 1. The molecule has 2 saturated heterocycles. The molecule has 1 N–H and O–H groups in total. The molecule has 3 aliphatic rings. The summed E-state index contributed by atoms with van der Waals surface area (Å²) in [7, 11) is 0. The summed E-state index contributed by atoms with van der Waals surface area (Å²) in [5, 5.41) is 9.81. The Hall–Kier alpha value is -2.14. The molecular formula is C28H41N3O6S. The van der Waals surface area contributed by atoms with E-state index >= 15 is 0 Å². The minimum absolute atomic E-state index is 0.0159. The Bertz CT molecular complexity index is 979. The average molecular weight is 548 g/mol. The van der Waals surface area contributed by atoms with Gasteiger partial charge in [-0.15, -0.1) is 11.8 Å². The first kappa shape index (κ1) is 28.9. The molecule has 0 bridgehead atoms. The normalized spacial score (nSPS) is 21.6. The first-order valence-electron chi connectivity index (χ1n) is 13.7. The summed E-state index contributed by atoms with van der Waals surface area (Å²) in [6.07, 6.45) is 2.50. The number of carbonyl (C=O) groups excluding carboxylic acids is 1. The summed E-state index contributed by atoms with van der Waals surface area (Å²) in [6, 6.07) is 7.68. The van der Waals surface area contributed by atoms with Crippen molar-refractivity contribution in [2.24, 2.45) is 10.9 Å². The van der Waals surface area contributed by atoms with Crippen LogP contribution in [0.5, 0.6) is 5.75 Å². The van der Waals surface area contributed by atoms with Gasteiger partial charge in [-0.2, -0.15) is 0 Å². The quantitative estimate of drug-likeness (QED) is 0.399. The molecule has 38 heavy (non-hydrogen) atoms. The van der Waals surface area contributed by atoms with Crippen LogP contribution in [0.3, 0.4) is 0 Å². The van der Waals surface area contributed by atoms with Gasteiger partial charge in [0.2, 0.25) is 5.91 Å². The molecule has 210 valence electrons. The second-order valence-electron chi connectivity index (χ2n) is 10.5. The standard InChI is InChI=1S/C28H41N3O6S/c1-21(2)26-29-23(19-38-26)27(34)31-14-18-37-28(20-31)9-11-30(12-10-28)13-17-36-24-6-4-3-5-22(24)7-15-35-16-8-25(32)33/h3-6,21,23H,7-20H2,1-2H3,(H,32,33). The van der Waals surface area contributed by atoms with Gasteiger partial charge < -0.3 is 24.2 Å². The minimum Gasteiger partial charge on any atom is -0.492 e. The van der Waals surface area contributed by atoms with Crippen LogP contribution in [0.1, 0.15) is 38.7 Å². The summed E-state index contributed by atoms with van der Waals surface area (Å²) >= 11 is 1.72. The molecule has 1 amide bonds. The zero-order chi connectivity index (χ0) is 27.0. The van der Waals surface area contributed by atoms with Crippen molar-refractivity contribution in [3.05, 3.63) is 29.8 Å². The van der Waals surface area contributed by atoms with E-state index in [0.717, 1.165) is 54.6 Å². The molecule has 1 aromatic rings. The van der Waals surface area contributed by atoms with Crippen molar-refractivity contribution >= 4 is 28.7 Å². The van der Waals surface area contributed by atoms with Crippen LogP contribution < -0.4 is 4.74 Å². The Morgan fingerprint density at radius 1 is 1.18 bits per heavy atom. The number of para-hydroxylation sites is 1. The van der Waals surface area contributed by atoms with Gasteiger partial charge in [-0.25, -0.2) is 0 Å². The van der Waals surface area contributed by atoms with E-state index in [-0.39, 0.29) is 30.6 Å². The first-order valence-corrected chi connectivity index (χ1v) is 14.7. The maximum Gasteiger partial charge on any atom is 0.305 e. The Kier molecular flexibility index (Phi) is 10.5. The molecule has 2 fully saturated rings. The first-order chi connectivity index (χ1) is 18.3. The number of piperidine rings is 1. The summed E-state index contributed by atoms with van der Waals surface area (Å²) in [5.74, 6) is 1.28. The molecule has 0 aromatic heterocycles. The Morgan fingerprint density at radius 2 is 1.97 bits per heavy atom. The van der Waals surface area contributed by atoms with Crippen LogP contribution in [0.4, 0.5) is 0 Å². The molecule has 3 aliphatic heterocycles. The number of thioether (sulfide) groups is 1. The van der Waals surface area contributed by atoms with Crippen molar-refractivity contribution in [1.82, 2.24) is 9.80 Å². The largest absolute Gasteiger partial charge is 0.492 e. The molecule has 9 nitrogen and oxygen atoms in total. The van der Waals surface area contributed by atoms with E-state index in [4.69, 9.17) is 24.3 Å². The lowest BCUT2D eigenvalue weighted by molar-refractivity contribution is -0.160. The fourth-order valence-electron chi connectivity index (χ4n) is 5.14. The van der Waals surface area contributed by atoms with Gasteiger partial charge in [0.1, 0.15) is 18.4 Å². The molecule has 0 radical (unpaired) electrons. The van der Waals surface area contributed by atoms with Crippen molar-refractivity contribution in [3.8, 4) is 5.75 Å². The zero-order valence-corrected chi connectivity index (χ0v) is 23.4. The van der Waals surface area contributed by atoms with Crippen molar-refractivity contribution < 1.29 is 28.9 Å². The monoisotopic (exact) mass is 547 g/mol. The van der Waals surface area contributed by atoms with Crippen LogP contribution in [0.25, 0.3) is 0 Å².